The van der Waals surface area contributed by atoms with E-state index < -0.39 is 5.82 Å². The maximum absolute atomic E-state index is 12.8. The molecule has 0 saturated carbocycles. The van der Waals surface area contributed by atoms with Gasteiger partial charge in [0.15, 0.2) is 16.1 Å². The van der Waals surface area contributed by atoms with Crippen molar-refractivity contribution in [3.8, 4) is 0 Å². The molecule has 1 aromatic rings. The van der Waals surface area contributed by atoms with Crippen LogP contribution >= 0.6 is 23.4 Å². The van der Waals surface area contributed by atoms with Crippen LogP contribution in [0.5, 0.6) is 0 Å². The van der Waals surface area contributed by atoms with Gasteiger partial charge in [-0.05, 0) is 13.2 Å². The Morgan fingerprint density at radius 3 is 2.55 bits per heavy atom. The third kappa shape index (κ3) is 1.81. The largest absolute Gasteiger partial charge is 0.225 e. The first-order valence-electron chi connectivity index (χ1n) is 2.88. The number of hydrogen-bond donors (Lipinski definition) is 0. The minimum Gasteiger partial charge on any atom is -0.225 e. The molecule has 0 aliphatic carbocycles. The van der Waals surface area contributed by atoms with Crippen LogP contribution in [-0.2, 0) is 0 Å². The second kappa shape index (κ2) is 3.36. The highest BCUT2D eigenvalue weighted by atomic mass is 35.5. The number of aromatic nitrogens is 2. The summed E-state index contributed by atoms with van der Waals surface area (Å²) in [5.41, 5.74) is 0.286. The van der Waals surface area contributed by atoms with Crippen molar-refractivity contribution in [1.29, 1.82) is 0 Å². The Morgan fingerprint density at radius 2 is 2.09 bits per heavy atom. The normalized spacial score (nSPS) is 10.2. The molecular formula is C6H6ClFN2S. The molecule has 0 aromatic carbocycles. The molecule has 0 fully saturated rings. The third-order valence-electron chi connectivity index (χ3n) is 1.14. The van der Waals surface area contributed by atoms with Gasteiger partial charge in [0.1, 0.15) is 0 Å². The molecule has 1 rings (SSSR count). The van der Waals surface area contributed by atoms with Crippen LogP contribution in [0.2, 0.25) is 5.15 Å². The molecule has 60 valence electrons. The van der Waals surface area contributed by atoms with E-state index in [0.29, 0.717) is 5.16 Å². The van der Waals surface area contributed by atoms with Crippen LogP contribution in [0.3, 0.4) is 0 Å². The summed E-state index contributed by atoms with van der Waals surface area (Å²) in [5, 5.41) is 0.385. The number of halogens is 2. The highest BCUT2D eigenvalue weighted by Crippen LogP contribution is 2.17. The van der Waals surface area contributed by atoms with Crippen LogP contribution in [-0.4, -0.2) is 16.2 Å². The minimum atomic E-state index is -0.538. The van der Waals surface area contributed by atoms with E-state index in [0.717, 1.165) is 0 Å². The summed E-state index contributed by atoms with van der Waals surface area (Å²) in [6.45, 7) is 1.56. The molecule has 11 heavy (non-hydrogen) atoms. The maximum Gasteiger partial charge on any atom is 0.189 e. The fraction of sp³-hybridized carbons (Fsp3) is 0.333. The molecule has 0 unspecified atom stereocenters. The van der Waals surface area contributed by atoms with E-state index in [1.54, 1.807) is 6.92 Å². The van der Waals surface area contributed by atoms with Crippen LogP contribution in [0, 0.1) is 12.7 Å². The van der Waals surface area contributed by atoms with Crippen LogP contribution in [0.4, 0.5) is 4.39 Å². The van der Waals surface area contributed by atoms with Gasteiger partial charge in [0, 0.05) is 0 Å². The Kier molecular flexibility index (Phi) is 2.67. The second-order valence-electron chi connectivity index (χ2n) is 1.90. The third-order valence-corrected chi connectivity index (χ3v) is 1.94. The summed E-state index contributed by atoms with van der Waals surface area (Å²) in [6, 6.07) is 0. The van der Waals surface area contributed by atoms with E-state index in [2.05, 4.69) is 9.97 Å². The lowest BCUT2D eigenvalue weighted by Gasteiger charge is -1.99. The predicted molar refractivity (Wildman–Crippen MR) is 43.5 cm³/mol. The Labute approximate surface area is 73.2 Å². The van der Waals surface area contributed by atoms with Gasteiger partial charge in [0.25, 0.3) is 0 Å². The first-order valence-corrected chi connectivity index (χ1v) is 4.49. The van der Waals surface area contributed by atoms with Gasteiger partial charge in [0.05, 0.1) is 5.69 Å². The van der Waals surface area contributed by atoms with Crippen molar-refractivity contribution in [2.45, 2.75) is 12.1 Å². The molecule has 0 spiro atoms. The molecule has 0 radical (unpaired) electrons. The van der Waals surface area contributed by atoms with E-state index in [4.69, 9.17) is 11.6 Å². The Balaban J connectivity index is 3.21. The molecule has 0 aliphatic heterocycles. The first kappa shape index (κ1) is 8.74. The standard InChI is InChI=1S/C6H6ClFN2S/c1-3-4(8)5(7)10-6(9-3)11-2/h1-2H3. The lowest BCUT2D eigenvalue weighted by atomic mass is 10.4. The summed E-state index contributed by atoms with van der Waals surface area (Å²) in [7, 11) is 0. The van der Waals surface area contributed by atoms with E-state index in [9.17, 15) is 4.39 Å². The molecule has 0 aliphatic rings. The van der Waals surface area contributed by atoms with Crippen LogP contribution in [0.25, 0.3) is 0 Å². The fourth-order valence-corrected chi connectivity index (χ4v) is 1.27. The molecule has 0 atom stereocenters. The lowest BCUT2D eigenvalue weighted by molar-refractivity contribution is 0.593. The topological polar surface area (TPSA) is 25.8 Å². The van der Waals surface area contributed by atoms with Crippen molar-refractivity contribution in [2.24, 2.45) is 0 Å². The zero-order chi connectivity index (χ0) is 8.43. The molecular weight excluding hydrogens is 187 g/mol. The summed E-state index contributed by atoms with van der Waals surface area (Å²) in [5.74, 6) is -0.538. The van der Waals surface area contributed by atoms with Gasteiger partial charge in [-0.2, -0.15) is 0 Å². The summed E-state index contributed by atoms with van der Waals surface area (Å²) in [6.07, 6.45) is 1.81. The van der Waals surface area contributed by atoms with Gasteiger partial charge >= 0.3 is 0 Å². The van der Waals surface area contributed by atoms with Gasteiger partial charge in [-0.25, -0.2) is 14.4 Å². The number of aryl methyl sites for hydroxylation is 1. The van der Waals surface area contributed by atoms with E-state index in [-0.39, 0.29) is 10.8 Å². The van der Waals surface area contributed by atoms with Crippen molar-refractivity contribution >= 4 is 23.4 Å². The zero-order valence-electron chi connectivity index (χ0n) is 6.06. The molecule has 0 bridgehead atoms. The predicted octanol–water partition coefficient (Wildman–Crippen LogP) is 2.30. The maximum atomic E-state index is 12.8. The molecule has 1 heterocycles. The first-order chi connectivity index (χ1) is 5.15. The van der Waals surface area contributed by atoms with Crippen molar-refractivity contribution < 1.29 is 4.39 Å². The van der Waals surface area contributed by atoms with Crippen LogP contribution in [0.15, 0.2) is 5.16 Å². The van der Waals surface area contributed by atoms with E-state index in [1.807, 2.05) is 6.26 Å². The van der Waals surface area contributed by atoms with Crippen molar-refractivity contribution in [2.75, 3.05) is 6.26 Å². The molecule has 0 N–H and O–H groups in total. The Bertz CT molecular complexity index is 256. The minimum absolute atomic E-state index is 0.109. The number of hydrogen-bond acceptors (Lipinski definition) is 3. The Morgan fingerprint density at radius 1 is 1.45 bits per heavy atom. The highest BCUT2D eigenvalue weighted by molar-refractivity contribution is 7.98. The smallest absolute Gasteiger partial charge is 0.189 e. The number of nitrogens with zero attached hydrogens (tertiary/aromatic N) is 2. The SMILES string of the molecule is CSc1nc(C)c(F)c(Cl)n1. The van der Waals surface area contributed by atoms with Gasteiger partial charge in [-0.1, -0.05) is 23.4 Å². The van der Waals surface area contributed by atoms with E-state index >= 15 is 0 Å². The summed E-state index contributed by atoms with van der Waals surface area (Å²) in [4.78, 5) is 7.54. The summed E-state index contributed by atoms with van der Waals surface area (Å²) < 4.78 is 12.8. The van der Waals surface area contributed by atoms with Gasteiger partial charge in [0.2, 0.25) is 0 Å². The monoisotopic (exact) mass is 192 g/mol. The van der Waals surface area contributed by atoms with Crippen LogP contribution in [0.1, 0.15) is 5.69 Å². The molecule has 0 amide bonds. The average Bonchev–Trinajstić information content (AvgIpc) is 1.99. The second-order valence-corrected chi connectivity index (χ2v) is 3.03. The van der Waals surface area contributed by atoms with Gasteiger partial charge < -0.3 is 0 Å². The highest BCUT2D eigenvalue weighted by Gasteiger charge is 2.07. The van der Waals surface area contributed by atoms with Crippen molar-refractivity contribution in [3.63, 3.8) is 0 Å². The Hall–Kier alpha value is -0.350. The fourth-order valence-electron chi connectivity index (χ4n) is 0.591. The number of rotatable bonds is 1. The molecule has 0 saturated heterocycles. The number of thioether (sulfide) groups is 1. The van der Waals surface area contributed by atoms with Gasteiger partial charge in [-0.15, -0.1) is 0 Å². The molecule has 2 nitrogen and oxygen atoms in total. The van der Waals surface area contributed by atoms with Gasteiger partial charge in [-0.3, -0.25) is 0 Å². The summed E-state index contributed by atoms with van der Waals surface area (Å²) >= 11 is 6.79. The average molecular weight is 193 g/mol. The van der Waals surface area contributed by atoms with Crippen molar-refractivity contribution in [1.82, 2.24) is 9.97 Å². The molecule has 5 heteroatoms. The quantitative estimate of drug-likeness (QED) is 0.388. The zero-order valence-corrected chi connectivity index (χ0v) is 7.63. The van der Waals surface area contributed by atoms with Crippen molar-refractivity contribution in [3.05, 3.63) is 16.7 Å². The van der Waals surface area contributed by atoms with Crippen LogP contribution < -0.4 is 0 Å². The van der Waals surface area contributed by atoms with E-state index in [1.165, 1.54) is 11.8 Å². The lowest BCUT2D eigenvalue weighted by Crippen LogP contribution is -1.95. The molecule has 1 aromatic heterocycles.